The maximum Gasteiger partial charge on any atom is 0.349 e. The summed E-state index contributed by atoms with van der Waals surface area (Å²) < 4.78 is 16.5. The number of nitrogens with one attached hydrogen (secondary N) is 1. The molecule has 0 saturated heterocycles. The lowest BCUT2D eigenvalue weighted by molar-refractivity contribution is 0.102. The van der Waals surface area contributed by atoms with Gasteiger partial charge in [-0.3, -0.25) is 4.79 Å². The summed E-state index contributed by atoms with van der Waals surface area (Å²) in [4.78, 5) is 24.5. The molecular weight excluding hydrogens is 378 g/mol. The second kappa shape index (κ2) is 5.68. The fourth-order valence-electron chi connectivity index (χ4n) is 2.43. The highest BCUT2D eigenvalue weighted by atomic mass is 79.9. The fraction of sp³-hybridized carbons (Fsp3) is 0.0588. The standard InChI is InChI=1S/C17H10BrNO5/c18-10-1-3-13-9(5-10)6-12(17(21)24-13)16(20)19-11-2-4-14-15(7-11)23-8-22-14/h1-7H,8H2,(H,19,20). The van der Waals surface area contributed by atoms with Gasteiger partial charge in [0.25, 0.3) is 5.91 Å². The minimum Gasteiger partial charge on any atom is -0.454 e. The predicted octanol–water partition coefficient (Wildman–Crippen LogP) is 3.54. The summed E-state index contributed by atoms with van der Waals surface area (Å²) in [6.45, 7) is 0.149. The highest BCUT2D eigenvalue weighted by molar-refractivity contribution is 9.10. The van der Waals surface area contributed by atoms with Crippen molar-refractivity contribution in [2.45, 2.75) is 0 Å². The van der Waals surface area contributed by atoms with Gasteiger partial charge in [-0.15, -0.1) is 0 Å². The molecule has 0 bridgehead atoms. The molecule has 0 atom stereocenters. The molecule has 7 heteroatoms. The summed E-state index contributed by atoms with van der Waals surface area (Å²) >= 11 is 3.35. The molecule has 1 N–H and O–H groups in total. The molecule has 120 valence electrons. The highest BCUT2D eigenvalue weighted by Gasteiger charge is 2.17. The smallest absolute Gasteiger partial charge is 0.349 e. The van der Waals surface area contributed by atoms with Crippen molar-refractivity contribution in [3.8, 4) is 11.5 Å². The molecule has 4 rings (SSSR count). The SMILES string of the molecule is O=C(Nc1ccc2c(c1)OCO2)c1cc2cc(Br)ccc2oc1=O. The van der Waals surface area contributed by atoms with Crippen molar-refractivity contribution in [3.63, 3.8) is 0 Å². The molecule has 0 unspecified atom stereocenters. The Balaban J connectivity index is 1.68. The van der Waals surface area contributed by atoms with Crippen molar-refractivity contribution in [2.24, 2.45) is 0 Å². The monoisotopic (exact) mass is 387 g/mol. The fourth-order valence-corrected chi connectivity index (χ4v) is 2.80. The van der Waals surface area contributed by atoms with Gasteiger partial charge in [-0.05, 0) is 36.4 Å². The Hall–Kier alpha value is -2.80. The van der Waals surface area contributed by atoms with E-state index in [4.69, 9.17) is 13.9 Å². The highest BCUT2D eigenvalue weighted by Crippen LogP contribution is 2.34. The Labute approximate surface area is 144 Å². The van der Waals surface area contributed by atoms with E-state index < -0.39 is 11.5 Å². The van der Waals surface area contributed by atoms with Gasteiger partial charge < -0.3 is 19.2 Å². The summed E-state index contributed by atoms with van der Waals surface area (Å²) in [5, 5.41) is 3.31. The number of rotatable bonds is 2. The quantitative estimate of drug-likeness (QED) is 0.680. The Morgan fingerprint density at radius 3 is 2.75 bits per heavy atom. The minimum atomic E-state index is -0.692. The minimum absolute atomic E-state index is 0.0710. The van der Waals surface area contributed by atoms with Gasteiger partial charge in [0.2, 0.25) is 6.79 Å². The third kappa shape index (κ3) is 2.63. The lowest BCUT2D eigenvalue weighted by atomic mass is 10.1. The van der Waals surface area contributed by atoms with E-state index in [-0.39, 0.29) is 12.4 Å². The second-order valence-corrected chi connectivity index (χ2v) is 6.07. The summed E-state index contributed by atoms with van der Waals surface area (Å²) in [5.41, 5.74) is 0.155. The molecule has 1 aromatic heterocycles. The van der Waals surface area contributed by atoms with Crippen molar-refractivity contribution in [1.29, 1.82) is 0 Å². The molecule has 2 heterocycles. The van der Waals surface area contributed by atoms with E-state index in [0.717, 1.165) is 4.47 Å². The molecule has 0 fully saturated rings. The van der Waals surface area contributed by atoms with Crippen LogP contribution in [0.3, 0.4) is 0 Å². The predicted molar refractivity (Wildman–Crippen MR) is 90.7 cm³/mol. The van der Waals surface area contributed by atoms with Gasteiger partial charge in [-0.1, -0.05) is 15.9 Å². The molecule has 1 amide bonds. The Morgan fingerprint density at radius 2 is 1.88 bits per heavy atom. The molecule has 2 aromatic carbocycles. The van der Waals surface area contributed by atoms with Gasteiger partial charge in [-0.2, -0.15) is 0 Å². The van der Waals surface area contributed by atoms with Gasteiger partial charge in [0.15, 0.2) is 11.5 Å². The number of benzene rings is 2. The molecule has 24 heavy (non-hydrogen) atoms. The molecule has 6 nitrogen and oxygen atoms in total. The first-order chi connectivity index (χ1) is 11.6. The first-order valence-corrected chi connectivity index (χ1v) is 7.84. The molecule has 1 aliphatic rings. The Bertz CT molecular complexity index is 1030. The first kappa shape index (κ1) is 14.8. The van der Waals surface area contributed by atoms with Crippen LogP contribution in [-0.2, 0) is 0 Å². The van der Waals surface area contributed by atoms with Crippen molar-refractivity contribution >= 4 is 38.5 Å². The van der Waals surface area contributed by atoms with Crippen LogP contribution in [-0.4, -0.2) is 12.7 Å². The van der Waals surface area contributed by atoms with Crippen molar-refractivity contribution in [1.82, 2.24) is 0 Å². The number of hydrogen-bond acceptors (Lipinski definition) is 5. The zero-order valence-electron chi connectivity index (χ0n) is 12.2. The van der Waals surface area contributed by atoms with E-state index in [0.29, 0.717) is 28.2 Å². The van der Waals surface area contributed by atoms with Crippen LogP contribution in [0.5, 0.6) is 11.5 Å². The third-order valence-corrected chi connectivity index (χ3v) is 4.06. The van der Waals surface area contributed by atoms with Gasteiger partial charge in [0.1, 0.15) is 11.1 Å². The number of fused-ring (bicyclic) bond motifs is 2. The van der Waals surface area contributed by atoms with E-state index in [9.17, 15) is 9.59 Å². The van der Waals surface area contributed by atoms with Gasteiger partial charge >= 0.3 is 5.63 Å². The number of ether oxygens (including phenoxy) is 2. The van der Waals surface area contributed by atoms with E-state index in [1.54, 1.807) is 36.4 Å². The number of anilines is 1. The first-order valence-electron chi connectivity index (χ1n) is 7.04. The molecule has 0 saturated carbocycles. The molecule has 0 aliphatic carbocycles. The van der Waals surface area contributed by atoms with Crippen LogP contribution in [0.4, 0.5) is 5.69 Å². The van der Waals surface area contributed by atoms with Crippen LogP contribution in [0.1, 0.15) is 10.4 Å². The lowest BCUT2D eigenvalue weighted by Crippen LogP contribution is -2.20. The van der Waals surface area contributed by atoms with Crippen molar-refractivity contribution in [3.05, 3.63) is 62.9 Å². The third-order valence-electron chi connectivity index (χ3n) is 3.57. The summed E-state index contributed by atoms with van der Waals surface area (Å²) in [5.74, 6) is 0.606. The maximum atomic E-state index is 12.4. The van der Waals surface area contributed by atoms with Crippen LogP contribution in [0, 0.1) is 0 Å². The average Bonchev–Trinajstić information content (AvgIpc) is 3.02. The van der Waals surface area contributed by atoms with E-state index in [1.807, 2.05) is 0 Å². The Morgan fingerprint density at radius 1 is 1.04 bits per heavy atom. The van der Waals surface area contributed by atoms with E-state index in [1.165, 1.54) is 6.07 Å². The van der Waals surface area contributed by atoms with Crippen molar-refractivity contribution in [2.75, 3.05) is 12.1 Å². The van der Waals surface area contributed by atoms with Crippen LogP contribution in [0.15, 0.2) is 56.1 Å². The molecule has 3 aromatic rings. The normalized spacial score (nSPS) is 12.4. The average molecular weight is 388 g/mol. The summed E-state index contributed by atoms with van der Waals surface area (Å²) in [6, 6.07) is 11.7. The largest absolute Gasteiger partial charge is 0.454 e. The van der Waals surface area contributed by atoms with Crippen LogP contribution < -0.4 is 20.4 Å². The molecule has 0 radical (unpaired) electrons. The number of carbonyl (C=O) groups is 1. The van der Waals surface area contributed by atoms with Gasteiger partial charge in [-0.25, -0.2) is 4.79 Å². The zero-order chi connectivity index (χ0) is 16.7. The summed E-state index contributed by atoms with van der Waals surface area (Å²) in [6.07, 6.45) is 0. The number of amides is 1. The van der Waals surface area contributed by atoms with Gasteiger partial charge in [0.05, 0.1) is 0 Å². The zero-order valence-corrected chi connectivity index (χ0v) is 13.8. The maximum absolute atomic E-state index is 12.4. The lowest BCUT2D eigenvalue weighted by Gasteiger charge is -2.06. The topological polar surface area (TPSA) is 77.8 Å². The molecule has 0 spiro atoms. The molecular formula is C17H10BrNO5. The van der Waals surface area contributed by atoms with E-state index in [2.05, 4.69) is 21.2 Å². The summed E-state index contributed by atoms with van der Waals surface area (Å²) in [7, 11) is 0. The number of hydrogen-bond donors (Lipinski definition) is 1. The molecule has 1 aliphatic heterocycles. The number of carbonyl (C=O) groups excluding carboxylic acids is 1. The van der Waals surface area contributed by atoms with Crippen LogP contribution >= 0.6 is 15.9 Å². The van der Waals surface area contributed by atoms with E-state index >= 15 is 0 Å². The van der Waals surface area contributed by atoms with Crippen LogP contribution in [0.2, 0.25) is 0 Å². The van der Waals surface area contributed by atoms with Crippen molar-refractivity contribution < 1.29 is 18.7 Å². The Kier molecular flexibility index (Phi) is 3.50. The second-order valence-electron chi connectivity index (χ2n) is 5.15. The van der Waals surface area contributed by atoms with Gasteiger partial charge in [0, 0.05) is 21.6 Å². The van der Waals surface area contributed by atoms with Crippen LogP contribution in [0.25, 0.3) is 11.0 Å². The number of halogens is 1.